The molecule has 92 valence electrons. The molecule has 0 heterocycles. The molecule has 1 amide bonds. The number of amides is 1. The molecule has 1 aliphatic rings. The fourth-order valence-electron chi connectivity index (χ4n) is 2.12. The number of carboxylic acids is 1. The van der Waals surface area contributed by atoms with Crippen LogP contribution in [-0.2, 0) is 9.59 Å². The topological polar surface area (TPSA) is 66.4 Å². The quantitative estimate of drug-likeness (QED) is 0.681. The molecule has 1 rings (SSSR count). The fourth-order valence-corrected chi connectivity index (χ4v) is 2.12. The number of hydrogen-bond acceptors (Lipinski definition) is 2. The lowest BCUT2D eigenvalue weighted by Gasteiger charge is -2.20. The Balaban J connectivity index is 2.03. The van der Waals surface area contributed by atoms with Crippen LogP contribution in [-0.4, -0.2) is 23.5 Å². The van der Waals surface area contributed by atoms with Crippen LogP contribution >= 0.6 is 0 Å². The number of unbranched alkanes of at least 4 members (excludes halogenated alkanes) is 1. The van der Waals surface area contributed by atoms with E-state index in [1.807, 2.05) is 0 Å². The molecule has 0 aromatic heterocycles. The predicted octanol–water partition coefficient (Wildman–Crippen LogP) is 1.94. The van der Waals surface area contributed by atoms with Crippen LogP contribution in [0.3, 0.4) is 0 Å². The molecule has 1 fully saturated rings. The first-order chi connectivity index (χ1) is 7.70. The number of nitrogens with one attached hydrogen (secondary N) is 1. The van der Waals surface area contributed by atoms with E-state index in [1.54, 1.807) is 0 Å². The van der Waals surface area contributed by atoms with E-state index in [4.69, 9.17) is 5.11 Å². The number of rotatable bonds is 6. The summed E-state index contributed by atoms with van der Waals surface area (Å²) in [5, 5.41) is 11.3. The van der Waals surface area contributed by atoms with Gasteiger partial charge in [-0.1, -0.05) is 19.3 Å². The van der Waals surface area contributed by atoms with E-state index in [0.717, 1.165) is 32.1 Å². The maximum atomic E-state index is 11.7. The van der Waals surface area contributed by atoms with Gasteiger partial charge >= 0.3 is 5.97 Å². The van der Waals surface area contributed by atoms with E-state index in [-0.39, 0.29) is 18.2 Å². The monoisotopic (exact) mass is 227 g/mol. The third-order valence-electron chi connectivity index (χ3n) is 3.09. The molecule has 0 unspecified atom stereocenters. The van der Waals surface area contributed by atoms with Gasteiger partial charge in [-0.3, -0.25) is 9.59 Å². The molecule has 0 aromatic rings. The lowest BCUT2D eigenvalue weighted by Crippen LogP contribution is -2.32. The second kappa shape index (κ2) is 7.25. The molecule has 1 aliphatic carbocycles. The van der Waals surface area contributed by atoms with Crippen LogP contribution < -0.4 is 5.32 Å². The molecular formula is C12H21NO3. The Morgan fingerprint density at radius 1 is 1.12 bits per heavy atom. The van der Waals surface area contributed by atoms with Gasteiger partial charge in [0.25, 0.3) is 0 Å². The molecule has 0 aliphatic heterocycles. The summed E-state index contributed by atoms with van der Waals surface area (Å²) in [5.41, 5.74) is 0. The summed E-state index contributed by atoms with van der Waals surface area (Å²) in [4.78, 5) is 21.9. The Morgan fingerprint density at radius 2 is 1.81 bits per heavy atom. The van der Waals surface area contributed by atoms with Crippen molar-refractivity contribution < 1.29 is 14.7 Å². The number of carbonyl (C=O) groups is 2. The Labute approximate surface area is 96.4 Å². The molecule has 0 saturated heterocycles. The third-order valence-corrected chi connectivity index (χ3v) is 3.09. The number of carboxylic acid groups (broad SMARTS) is 1. The molecule has 0 spiro atoms. The van der Waals surface area contributed by atoms with Gasteiger partial charge in [0.1, 0.15) is 0 Å². The number of hydrogen-bond donors (Lipinski definition) is 2. The van der Waals surface area contributed by atoms with Crippen LogP contribution in [0.2, 0.25) is 0 Å². The largest absolute Gasteiger partial charge is 0.481 e. The van der Waals surface area contributed by atoms with E-state index in [0.29, 0.717) is 13.0 Å². The highest BCUT2D eigenvalue weighted by Crippen LogP contribution is 2.23. The van der Waals surface area contributed by atoms with Crippen LogP contribution in [0.1, 0.15) is 51.4 Å². The Morgan fingerprint density at radius 3 is 2.44 bits per heavy atom. The van der Waals surface area contributed by atoms with Crippen molar-refractivity contribution in [1.82, 2.24) is 5.32 Å². The van der Waals surface area contributed by atoms with Crippen molar-refractivity contribution in [3.8, 4) is 0 Å². The predicted molar refractivity (Wildman–Crippen MR) is 61.1 cm³/mol. The van der Waals surface area contributed by atoms with Crippen LogP contribution in [0.25, 0.3) is 0 Å². The SMILES string of the molecule is O=C(O)CCCCNC(=O)C1CCCCC1. The van der Waals surface area contributed by atoms with Gasteiger partial charge in [0, 0.05) is 18.9 Å². The summed E-state index contributed by atoms with van der Waals surface area (Å²) in [7, 11) is 0. The zero-order chi connectivity index (χ0) is 11.8. The van der Waals surface area contributed by atoms with E-state index in [2.05, 4.69) is 5.32 Å². The van der Waals surface area contributed by atoms with Gasteiger partial charge in [-0.05, 0) is 25.7 Å². The van der Waals surface area contributed by atoms with Crippen molar-refractivity contribution in [3.05, 3.63) is 0 Å². The van der Waals surface area contributed by atoms with Crippen LogP contribution in [0.15, 0.2) is 0 Å². The molecule has 0 radical (unpaired) electrons. The normalized spacial score (nSPS) is 17.0. The van der Waals surface area contributed by atoms with Crippen LogP contribution in [0, 0.1) is 5.92 Å². The van der Waals surface area contributed by atoms with Gasteiger partial charge in [-0.2, -0.15) is 0 Å². The Bertz CT molecular complexity index is 234. The minimum Gasteiger partial charge on any atom is -0.481 e. The highest BCUT2D eigenvalue weighted by atomic mass is 16.4. The molecule has 16 heavy (non-hydrogen) atoms. The van der Waals surface area contributed by atoms with Crippen molar-refractivity contribution in [1.29, 1.82) is 0 Å². The highest BCUT2D eigenvalue weighted by Gasteiger charge is 2.20. The summed E-state index contributed by atoms with van der Waals surface area (Å²) in [6, 6.07) is 0. The smallest absolute Gasteiger partial charge is 0.303 e. The zero-order valence-corrected chi connectivity index (χ0v) is 9.71. The fraction of sp³-hybridized carbons (Fsp3) is 0.833. The lowest BCUT2D eigenvalue weighted by atomic mass is 9.89. The maximum Gasteiger partial charge on any atom is 0.303 e. The minimum atomic E-state index is -0.765. The summed E-state index contributed by atoms with van der Waals surface area (Å²) in [5.74, 6) is -0.401. The van der Waals surface area contributed by atoms with Crippen molar-refractivity contribution in [2.45, 2.75) is 51.4 Å². The first-order valence-corrected chi connectivity index (χ1v) is 6.19. The molecule has 4 nitrogen and oxygen atoms in total. The second-order valence-corrected chi connectivity index (χ2v) is 4.48. The average Bonchev–Trinajstić information content (AvgIpc) is 2.29. The Kier molecular flexibility index (Phi) is 5.90. The Hall–Kier alpha value is -1.06. The van der Waals surface area contributed by atoms with E-state index < -0.39 is 5.97 Å². The van der Waals surface area contributed by atoms with Crippen LogP contribution in [0.4, 0.5) is 0 Å². The molecule has 0 aromatic carbocycles. The highest BCUT2D eigenvalue weighted by molar-refractivity contribution is 5.78. The minimum absolute atomic E-state index is 0.162. The second-order valence-electron chi connectivity index (χ2n) is 4.48. The molecule has 2 N–H and O–H groups in total. The molecule has 0 atom stereocenters. The van der Waals surface area contributed by atoms with Gasteiger partial charge in [-0.15, -0.1) is 0 Å². The lowest BCUT2D eigenvalue weighted by molar-refractivity contribution is -0.137. The maximum absolute atomic E-state index is 11.7. The first kappa shape index (κ1) is 13.0. The van der Waals surface area contributed by atoms with Crippen molar-refractivity contribution in [3.63, 3.8) is 0 Å². The van der Waals surface area contributed by atoms with Gasteiger partial charge in [0.05, 0.1) is 0 Å². The van der Waals surface area contributed by atoms with Crippen LogP contribution in [0.5, 0.6) is 0 Å². The van der Waals surface area contributed by atoms with Gasteiger partial charge < -0.3 is 10.4 Å². The summed E-state index contributed by atoms with van der Waals surface area (Å²) in [6.45, 7) is 0.614. The molecule has 1 saturated carbocycles. The number of aliphatic carboxylic acids is 1. The van der Waals surface area contributed by atoms with Crippen molar-refractivity contribution >= 4 is 11.9 Å². The zero-order valence-electron chi connectivity index (χ0n) is 9.71. The van der Waals surface area contributed by atoms with Gasteiger partial charge in [-0.25, -0.2) is 0 Å². The number of carbonyl (C=O) groups excluding carboxylic acids is 1. The summed E-state index contributed by atoms with van der Waals surface area (Å²) < 4.78 is 0. The van der Waals surface area contributed by atoms with Crippen molar-refractivity contribution in [2.24, 2.45) is 5.92 Å². The summed E-state index contributed by atoms with van der Waals surface area (Å²) >= 11 is 0. The van der Waals surface area contributed by atoms with Gasteiger partial charge in [0.15, 0.2) is 0 Å². The molecule has 4 heteroatoms. The standard InChI is InChI=1S/C12H21NO3/c14-11(15)8-4-5-9-13-12(16)10-6-2-1-3-7-10/h10H,1-9H2,(H,13,16)(H,14,15). The average molecular weight is 227 g/mol. The van der Waals surface area contributed by atoms with Crippen molar-refractivity contribution in [2.75, 3.05) is 6.54 Å². The molecule has 0 bridgehead atoms. The van der Waals surface area contributed by atoms with E-state index >= 15 is 0 Å². The van der Waals surface area contributed by atoms with E-state index in [1.165, 1.54) is 6.42 Å². The summed E-state index contributed by atoms with van der Waals surface area (Å²) in [6.07, 6.45) is 7.20. The van der Waals surface area contributed by atoms with E-state index in [9.17, 15) is 9.59 Å². The third kappa shape index (κ3) is 5.14. The first-order valence-electron chi connectivity index (χ1n) is 6.19. The van der Waals surface area contributed by atoms with Gasteiger partial charge in [0.2, 0.25) is 5.91 Å². The molecular weight excluding hydrogens is 206 g/mol.